The van der Waals surface area contributed by atoms with Gasteiger partial charge in [-0.25, -0.2) is 0 Å². The lowest BCUT2D eigenvalue weighted by Crippen LogP contribution is -2.48. The highest BCUT2D eigenvalue weighted by atomic mass is 28.4. The minimum Gasteiger partial charge on any atom is -0.417 e. The first-order chi connectivity index (χ1) is 17.8. The van der Waals surface area contributed by atoms with Crippen LogP contribution < -0.4 is 0 Å². The second-order valence-corrected chi connectivity index (χ2v) is 31.7. The van der Waals surface area contributed by atoms with Crippen LogP contribution in [-0.2, 0) is 13.3 Å². The van der Waals surface area contributed by atoms with E-state index < -0.39 is 41.9 Å². The minimum atomic E-state index is -1.92. The summed E-state index contributed by atoms with van der Waals surface area (Å²) < 4.78 is 18.9. The summed E-state index contributed by atoms with van der Waals surface area (Å²) in [6.45, 7) is 42.1. The highest BCUT2D eigenvalue weighted by Crippen LogP contribution is 2.41. The topological polar surface area (TPSA) is 95.5 Å². The van der Waals surface area contributed by atoms with E-state index in [0.717, 1.165) is 6.42 Å². The predicted molar refractivity (Wildman–Crippen MR) is 182 cm³/mol. The molecule has 0 aliphatic carbocycles. The van der Waals surface area contributed by atoms with Gasteiger partial charge in [-0.05, 0) is 94.9 Å². The zero-order chi connectivity index (χ0) is 33.5. The van der Waals surface area contributed by atoms with Gasteiger partial charge in [0.2, 0.25) is 0 Å². The number of aliphatic hydroxyl groups excluding tert-OH is 1. The van der Waals surface area contributed by atoms with E-state index in [-0.39, 0.29) is 21.2 Å². The normalized spacial score (nSPS) is 15.8. The molecular weight excluding hydrogens is 561 g/mol. The summed E-state index contributed by atoms with van der Waals surface area (Å²) in [6, 6.07) is 4.57. The molecule has 0 saturated heterocycles. The Morgan fingerprint density at radius 1 is 0.561 bits per heavy atom. The number of aliphatic hydroxyl groups is 1. The molecule has 0 aromatic heterocycles. The lowest BCUT2D eigenvalue weighted by molar-refractivity contribution is 0.0622. The maximum absolute atomic E-state index is 9.89. The van der Waals surface area contributed by atoms with Crippen molar-refractivity contribution in [3.05, 3.63) is 0 Å². The number of rotatable bonds is 12. The molecule has 1 N–H and O–H groups in total. The molecular formula is C32H68N2O4Si3. The van der Waals surface area contributed by atoms with Crippen LogP contribution >= 0.6 is 0 Å². The third-order valence-corrected chi connectivity index (χ3v) is 23.3. The van der Waals surface area contributed by atoms with Crippen LogP contribution in [0.1, 0.15) is 103 Å². The summed E-state index contributed by atoms with van der Waals surface area (Å²) in [4.78, 5) is 0. The van der Waals surface area contributed by atoms with Crippen molar-refractivity contribution in [1.82, 2.24) is 0 Å². The molecule has 0 saturated carbocycles. The van der Waals surface area contributed by atoms with E-state index in [1.807, 2.05) is 13.8 Å². The van der Waals surface area contributed by atoms with Gasteiger partial charge < -0.3 is 18.4 Å². The first-order valence-corrected chi connectivity index (χ1v) is 24.0. The van der Waals surface area contributed by atoms with E-state index in [4.69, 9.17) is 18.5 Å². The molecule has 0 rings (SSSR count). The Kier molecular flexibility index (Phi) is 15.6. The molecule has 0 aromatic rings. The van der Waals surface area contributed by atoms with E-state index in [1.165, 1.54) is 0 Å². The fourth-order valence-electron chi connectivity index (χ4n) is 2.89. The third kappa shape index (κ3) is 13.8. The fourth-order valence-corrected chi connectivity index (χ4v) is 6.49. The summed E-state index contributed by atoms with van der Waals surface area (Å²) in [5, 5.41) is 28.9. The molecule has 0 fully saturated rings. The SMILES string of the molecule is CC(C)(C#N)[C@@H](CCO[Si](C)(C)C(C)(C)C)O[Si](C)(C)C(C)(C)C.CC(C)(C#N)[C@@H](O)CCO[Si](C)(C)C(C)(C)C. The van der Waals surface area contributed by atoms with Gasteiger partial charge in [0.15, 0.2) is 25.0 Å². The van der Waals surface area contributed by atoms with Gasteiger partial charge in [-0.15, -0.1) is 0 Å². The molecule has 6 nitrogen and oxygen atoms in total. The van der Waals surface area contributed by atoms with Crippen molar-refractivity contribution in [1.29, 1.82) is 10.5 Å². The van der Waals surface area contributed by atoms with Crippen LogP contribution in [0, 0.1) is 33.5 Å². The Balaban J connectivity index is 0. The number of nitriles is 2. The Labute approximate surface area is 258 Å². The van der Waals surface area contributed by atoms with Gasteiger partial charge in [-0.2, -0.15) is 10.5 Å². The highest BCUT2D eigenvalue weighted by molar-refractivity contribution is 6.74. The lowest BCUT2D eigenvalue weighted by atomic mass is 9.87. The average Bonchev–Trinajstić information content (AvgIpc) is 2.76. The Morgan fingerprint density at radius 2 is 0.878 bits per heavy atom. The second-order valence-electron chi connectivity index (χ2n) is 17.3. The molecule has 0 aliphatic heterocycles. The monoisotopic (exact) mass is 628 g/mol. The Morgan fingerprint density at radius 3 is 1.17 bits per heavy atom. The van der Waals surface area contributed by atoms with Crippen molar-refractivity contribution in [3.63, 3.8) is 0 Å². The van der Waals surface area contributed by atoms with Crippen LogP contribution in [0.15, 0.2) is 0 Å². The quantitative estimate of drug-likeness (QED) is 0.216. The Bertz CT molecular complexity index is 881. The smallest absolute Gasteiger partial charge is 0.192 e. The van der Waals surface area contributed by atoms with E-state index in [9.17, 15) is 10.4 Å². The number of hydrogen-bond donors (Lipinski definition) is 1. The molecule has 41 heavy (non-hydrogen) atoms. The van der Waals surface area contributed by atoms with Gasteiger partial charge in [0.05, 0.1) is 35.2 Å². The van der Waals surface area contributed by atoms with Crippen molar-refractivity contribution < 1.29 is 18.4 Å². The van der Waals surface area contributed by atoms with Crippen LogP contribution in [0.4, 0.5) is 0 Å². The maximum atomic E-state index is 9.89. The number of nitrogens with zero attached hydrogens (tertiary/aromatic N) is 2. The first kappa shape index (κ1) is 42.6. The molecule has 0 heterocycles. The molecule has 242 valence electrons. The molecule has 0 aromatic carbocycles. The van der Waals surface area contributed by atoms with Gasteiger partial charge >= 0.3 is 0 Å². The molecule has 9 heteroatoms. The summed E-state index contributed by atoms with van der Waals surface area (Å²) in [7, 11) is -5.42. The van der Waals surface area contributed by atoms with Gasteiger partial charge in [-0.1, -0.05) is 62.3 Å². The van der Waals surface area contributed by atoms with Crippen molar-refractivity contribution in [3.8, 4) is 12.1 Å². The molecule has 0 amide bonds. The van der Waals surface area contributed by atoms with Crippen LogP contribution in [0.2, 0.25) is 54.4 Å². The molecule has 0 unspecified atom stereocenters. The van der Waals surface area contributed by atoms with E-state index in [2.05, 4.69) is 114 Å². The van der Waals surface area contributed by atoms with Crippen molar-refractivity contribution in [2.45, 2.75) is 169 Å². The zero-order valence-corrected chi connectivity index (χ0v) is 33.5. The van der Waals surface area contributed by atoms with E-state index >= 15 is 0 Å². The van der Waals surface area contributed by atoms with E-state index in [1.54, 1.807) is 13.8 Å². The van der Waals surface area contributed by atoms with Crippen molar-refractivity contribution in [2.75, 3.05) is 13.2 Å². The predicted octanol–water partition coefficient (Wildman–Crippen LogP) is 9.65. The summed E-state index contributed by atoms with van der Waals surface area (Å²) in [5.74, 6) is 0. The summed E-state index contributed by atoms with van der Waals surface area (Å²) in [5.41, 5.74) is -1.21. The molecule has 0 aliphatic rings. The van der Waals surface area contributed by atoms with Crippen LogP contribution in [0.3, 0.4) is 0 Å². The zero-order valence-electron chi connectivity index (χ0n) is 30.5. The maximum Gasteiger partial charge on any atom is 0.192 e. The van der Waals surface area contributed by atoms with Crippen molar-refractivity contribution >= 4 is 25.0 Å². The van der Waals surface area contributed by atoms with Gasteiger partial charge in [0, 0.05) is 13.2 Å². The largest absolute Gasteiger partial charge is 0.417 e. The van der Waals surface area contributed by atoms with Crippen molar-refractivity contribution in [2.24, 2.45) is 10.8 Å². The summed E-state index contributed by atoms with van der Waals surface area (Å²) in [6.07, 6.45) is 0.581. The van der Waals surface area contributed by atoms with Gasteiger partial charge in [0.25, 0.3) is 0 Å². The minimum absolute atomic E-state index is 0.0897. The average molecular weight is 629 g/mol. The Hall–Kier alpha value is -0.529. The molecule has 0 radical (unpaired) electrons. The molecule has 2 atom stereocenters. The molecule has 0 bridgehead atoms. The van der Waals surface area contributed by atoms with Gasteiger partial charge in [0.1, 0.15) is 0 Å². The molecule has 0 spiro atoms. The first-order valence-electron chi connectivity index (χ1n) is 15.3. The van der Waals surface area contributed by atoms with Gasteiger partial charge in [-0.3, -0.25) is 0 Å². The second kappa shape index (κ2) is 15.0. The van der Waals surface area contributed by atoms with Crippen LogP contribution in [0.25, 0.3) is 0 Å². The van der Waals surface area contributed by atoms with E-state index in [0.29, 0.717) is 19.6 Å². The number of hydrogen-bond acceptors (Lipinski definition) is 6. The third-order valence-electron chi connectivity index (χ3n) is 9.77. The summed E-state index contributed by atoms with van der Waals surface area (Å²) >= 11 is 0. The van der Waals surface area contributed by atoms with Crippen LogP contribution in [0.5, 0.6) is 0 Å². The lowest BCUT2D eigenvalue weighted by Gasteiger charge is -2.43. The van der Waals surface area contributed by atoms with Crippen LogP contribution in [-0.4, -0.2) is 55.5 Å². The standard InChI is InChI=1S/C19H41NO2Si2.C13H27NO2Si/c1-17(2,3)23(9,10)21-14-13-16(19(7,8)15-20)22-24(11,12)18(4,5)6;1-12(2,3)17(6,7)16-9-8-11(15)13(4,5)10-14/h16H,13-14H2,1-12H3;11,15H,8-9H2,1-7H3/t16-;11-/m10/s1. The fraction of sp³-hybridized carbons (Fsp3) is 0.938. The highest BCUT2D eigenvalue weighted by Gasteiger charge is 2.44.